The maximum atomic E-state index is 11.4. The number of oxime groups is 1. The number of primary amides is 1. The lowest BCUT2D eigenvalue weighted by atomic mass is 9.80. The van der Waals surface area contributed by atoms with Crippen molar-refractivity contribution in [3.05, 3.63) is 0 Å². The minimum Gasteiger partial charge on any atom is -0.369 e. The standard InChI is InChI=1S/C11H21N3O3S/c1-7(14-17-9(16)13-6)18-11(4,5)10(2,3)8(12)15/h1-6H3,(H2,12,15)(H,13,16). The Morgan fingerprint density at radius 1 is 1.28 bits per heavy atom. The largest absolute Gasteiger partial charge is 0.433 e. The second-order valence-corrected chi connectivity index (χ2v) is 6.66. The Balaban J connectivity index is 4.77. The highest BCUT2D eigenvalue weighted by atomic mass is 32.2. The van der Waals surface area contributed by atoms with Gasteiger partial charge >= 0.3 is 6.09 Å². The van der Waals surface area contributed by atoms with Gasteiger partial charge in [-0.2, -0.15) is 0 Å². The molecule has 0 spiro atoms. The summed E-state index contributed by atoms with van der Waals surface area (Å²) in [5.41, 5.74) is 4.67. The van der Waals surface area contributed by atoms with Crippen molar-refractivity contribution in [1.29, 1.82) is 0 Å². The van der Waals surface area contributed by atoms with E-state index in [2.05, 4.69) is 15.3 Å². The molecule has 0 aromatic heterocycles. The van der Waals surface area contributed by atoms with Crippen molar-refractivity contribution in [2.75, 3.05) is 7.05 Å². The second-order valence-electron chi connectivity index (χ2n) is 4.84. The van der Waals surface area contributed by atoms with Crippen LogP contribution in [0.5, 0.6) is 0 Å². The molecule has 0 unspecified atom stereocenters. The number of thioether (sulfide) groups is 1. The van der Waals surface area contributed by atoms with Crippen LogP contribution in [0.3, 0.4) is 0 Å². The van der Waals surface area contributed by atoms with Crippen LogP contribution in [0.2, 0.25) is 0 Å². The summed E-state index contributed by atoms with van der Waals surface area (Å²) in [7, 11) is 1.44. The predicted octanol–water partition coefficient (Wildman–Crippen LogP) is 1.70. The lowest BCUT2D eigenvalue weighted by Gasteiger charge is -2.38. The summed E-state index contributed by atoms with van der Waals surface area (Å²) in [5.74, 6) is -0.389. The summed E-state index contributed by atoms with van der Waals surface area (Å²) in [6.45, 7) is 9.03. The molecule has 3 N–H and O–H groups in total. The van der Waals surface area contributed by atoms with E-state index in [0.717, 1.165) is 0 Å². The molecule has 0 aromatic rings. The third-order valence-electron chi connectivity index (χ3n) is 2.99. The average molecular weight is 275 g/mol. The van der Waals surface area contributed by atoms with E-state index in [1.165, 1.54) is 18.8 Å². The smallest absolute Gasteiger partial charge is 0.369 e. The number of carbonyl (C=O) groups excluding carboxylic acids is 2. The Morgan fingerprint density at radius 2 is 1.78 bits per heavy atom. The van der Waals surface area contributed by atoms with Crippen LogP contribution < -0.4 is 11.1 Å². The molecule has 0 aromatic carbocycles. The van der Waals surface area contributed by atoms with Crippen LogP contribution in [0.1, 0.15) is 34.6 Å². The number of nitrogens with zero attached hydrogens (tertiary/aromatic N) is 1. The molecule has 0 fully saturated rings. The van der Waals surface area contributed by atoms with Gasteiger partial charge in [-0.15, -0.1) is 11.8 Å². The van der Waals surface area contributed by atoms with Crippen LogP contribution in [0.25, 0.3) is 0 Å². The monoisotopic (exact) mass is 275 g/mol. The van der Waals surface area contributed by atoms with E-state index in [1.54, 1.807) is 20.8 Å². The van der Waals surface area contributed by atoms with Crippen molar-refractivity contribution in [1.82, 2.24) is 5.32 Å². The van der Waals surface area contributed by atoms with Gasteiger partial charge in [0.05, 0.1) is 5.41 Å². The van der Waals surface area contributed by atoms with Crippen molar-refractivity contribution in [3.63, 3.8) is 0 Å². The quantitative estimate of drug-likeness (QED) is 0.353. The zero-order valence-electron chi connectivity index (χ0n) is 11.7. The Hall–Kier alpha value is -1.24. The molecule has 2 amide bonds. The van der Waals surface area contributed by atoms with Gasteiger partial charge < -0.3 is 11.1 Å². The van der Waals surface area contributed by atoms with Crippen molar-refractivity contribution in [3.8, 4) is 0 Å². The van der Waals surface area contributed by atoms with E-state index in [4.69, 9.17) is 5.73 Å². The van der Waals surface area contributed by atoms with E-state index in [9.17, 15) is 9.59 Å². The first kappa shape index (κ1) is 16.8. The van der Waals surface area contributed by atoms with Gasteiger partial charge in [0, 0.05) is 11.8 Å². The molecule has 7 heteroatoms. The van der Waals surface area contributed by atoms with Crippen molar-refractivity contribution < 1.29 is 14.4 Å². The number of nitrogens with two attached hydrogens (primary N) is 1. The lowest BCUT2D eigenvalue weighted by molar-refractivity contribution is -0.127. The molecule has 0 radical (unpaired) electrons. The Bertz CT molecular complexity index is 365. The van der Waals surface area contributed by atoms with Crippen LogP contribution in [0.4, 0.5) is 4.79 Å². The molecule has 0 aliphatic carbocycles. The van der Waals surface area contributed by atoms with Crippen LogP contribution in [-0.2, 0) is 9.63 Å². The molecule has 0 saturated heterocycles. The summed E-state index contributed by atoms with van der Waals surface area (Å²) in [6, 6.07) is 0. The van der Waals surface area contributed by atoms with E-state index >= 15 is 0 Å². The van der Waals surface area contributed by atoms with Gasteiger partial charge in [0.2, 0.25) is 5.91 Å². The molecule has 0 heterocycles. The highest BCUT2D eigenvalue weighted by Gasteiger charge is 2.43. The van der Waals surface area contributed by atoms with Gasteiger partial charge in [-0.3, -0.25) is 9.63 Å². The molecule has 0 aliphatic heterocycles. The average Bonchev–Trinajstić information content (AvgIpc) is 2.24. The third-order valence-corrected chi connectivity index (χ3v) is 4.38. The highest BCUT2D eigenvalue weighted by molar-refractivity contribution is 8.15. The molecule has 6 nitrogen and oxygen atoms in total. The summed E-state index contributed by atoms with van der Waals surface area (Å²) >= 11 is 1.33. The van der Waals surface area contributed by atoms with Gasteiger partial charge in [0.25, 0.3) is 0 Å². The van der Waals surface area contributed by atoms with Crippen LogP contribution in [0.15, 0.2) is 5.16 Å². The minimum absolute atomic E-state index is 0.389. The third kappa shape index (κ3) is 4.21. The first-order valence-corrected chi connectivity index (χ1v) is 6.28. The fourth-order valence-corrected chi connectivity index (χ4v) is 2.13. The maximum Gasteiger partial charge on any atom is 0.433 e. The van der Waals surface area contributed by atoms with Gasteiger partial charge in [0.1, 0.15) is 5.04 Å². The van der Waals surface area contributed by atoms with Gasteiger partial charge in [-0.1, -0.05) is 5.16 Å². The molecule has 18 heavy (non-hydrogen) atoms. The van der Waals surface area contributed by atoms with Crippen LogP contribution in [-0.4, -0.2) is 28.8 Å². The molecular weight excluding hydrogens is 254 g/mol. The molecular formula is C11H21N3O3S. The number of hydrogen-bond acceptors (Lipinski definition) is 5. The van der Waals surface area contributed by atoms with E-state index in [-0.39, 0.29) is 5.91 Å². The predicted molar refractivity (Wildman–Crippen MR) is 73.3 cm³/mol. The lowest BCUT2D eigenvalue weighted by Crippen LogP contribution is -2.46. The van der Waals surface area contributed by atoms with Crippen LogP contribution >= 0.6 is 11.8 Å². The van der Waals surface area contributed by atoms with Gasteiger partial charge in [-0.05, 0) is 34.6 Å². The number of nitrogens with one attached hydrogen (secondary N) is 1. The topological polar surface area (TPSA) is 93.8 Å². The van der Waals surface area contributed by atoms with Gasteiger partial charge in [-0.25, -0.2) is 4.79 Å². The number of carbonyl (C=O) groups is 2. The summed E-state index contributed by atoms with van der Waals surface area (Å²) < 4.78 is -0.474. The highest BCUT2D eigenvalue weighted by Crippen LogP contribution is 2.42. The zero-order valence-corrected chi connectivity index (χ0v) is 12.5. The summed E-state index contributed by atoms with van der Waals surface area (Å²) in [6.07, 6.45) is -0.637. The Morgan fingerprint density at radius 3 is 2.17 bits per heavy atom. The van der Waals surface area contributed by atoms with E-state index < -0.39 is 16.3 Å². The SMILES string of the molecule is CNC(=O)ON=C(C)SC(C)(C)C(C)(C)C(N)=O. The second kappa shape index (κ2) is 6.08. The number of hydrogen-bond donors (Lipinski definition) is 2. The molecule has 0 atom stereocenters. The van der Waals surface area contributed by atoms with Crippen molar-refractivity contribution >= 4 is 28.8 Å². The fraction of sp³-hybridized carbons (Fsp3) is 0.727. The molecule has 0 aliphatic rings. The summed E-state index contributed by atoms with van der Waals surface area (Å²) in [4.78, 5) is 26.9. The molecule has 0 saturated carbocycles. The van der Waals surface area contributed by atoms with E-state index in [1.807, 2.05) is 13.8 Å². The van der Waals surface area contributed by atoms with Crippen molar-refractivity contribution in [2.24, 2.45) is 16.3 Å². The fourth-order valence-electron chi connectivity index (χ4n) is 0.964. The maximum absolute atomic E-state index is 11.4. The normalized spacial score (nSPS) is 13.1. The molecule has 104 valence electrons. The van der Waals surface area contributed by atoms with E-state index in [0.29, 0.717) is 5.04 Å². The number of amides is 2. The Labute approximate surface area is 112 Å². The minimum atomic E-state index is -0.721. The first-order chi connectivity index (χ1) is 8.04. The summed E-state index contributed by atoms with van der Waals surface area (Å²) in [5, 5.41) is 6.49. The van der Waals surface area contributed by atoms with Gasteiger partial charge in [0.15, 0.2) is 0 Å². The number of rotatable bonds is 4. The van der Waals surface area contributed by atoms with Crippen LogP contribution in [0, 0.1) is 5.41 Å². The zero-order chi connectivity index (χ0) is 14.6. The molecule has 0 bridgehead atoms. The first-order valence-electron chi connectivity index (χ1n) is 5.47. The molecule has 0 rings (SSSR count). The van der Waals surface area contributed by atoms with Crippen molar-refractivity contribution in [2.45, 2.75) is 39.4 Å². The Kier molecular flexibility index (Phi) is 5.66.